The monoisotopic (exact) mass is 197 g/mol. The number of hydrogen-bond donors (Lipinski definition) is 1. The lowest BCUT2D eigenvalue weighted by Gasteiger charge is -2.30. The van der Waals surface area contributed by atoms with E-state index in [2.05, 4.69) is 5.32 Å². The van der Waals surface area contributed by atoms with Crippen molar-refractivity contribution >= 4 is 6.47 Å². The van der Waals surface area contributed by atoms with Gasteiger partial charge in [0.25, 0.3) is 6.47 Å². The van der Waals surface area contributed by atoms with Gasteiger partial charge in [0.15, 0.2) is 0 Å². The highest BCUT2D eigenvalue weighted by atomic mass is 16.5. The first-order chi connectivity index (χ1) is 6.87. The van der Waals surface area contributed by atoms with Gasteiger partial charge in [0, 0.05) is 0 Å². The summed E-state index contributed by atoms with van der Waals surface area (Å²) in [5.74, 6) is 0.825. The summed E-state index contributed by atoms with van der Waals surface area (Å²) in [7, 11) is 0. The predicted molar refractivity (Wildman–Crippen MR) is 53.9 cm³/mol. The molecule has 0 bridgehead atoms. The first-order valence-corrected chi connectivity index (χ1v) is 5.63. The molecule has 1 saturated heterocycles. The average molecular weight is 197 g/mol. The van der Waals surface area contributed by atoms with Crippen LogP contribution in [0.4, 0.5) is 0 Å². The molecular formula is C11H19NO2. The number of piperidine rings is 1. The second-order valence-electron chi connectivity index (χ2n) is 4.62. The Hall–Kier alpha value is -0.570. The van der Waals surface area contributed by atoms with Crippen LogP contribution in [-0.4, -0.2) is 26.2 Å². The Morgan fingerprint density at radius 2 is 2.36 bits per heavy atom. The molecule has 1 aliphatic heterocycles. The van der Waals surface area contributed by atoms with Gasteiger partial charge in [-0.15, -0.1) is 0 Å². The third kappa shape index (κ3) is 2.08. The summed E-state index contributed by atoms with van der Waals surface area (Å²) >= 11 is 0. The molecule has 0 spiro atoms. The van der Waals surface area contributed by atoms with Crippen molar-refractivity contribution in [2.45, 2.75) is 32.1 Å². The topological polar surface area (TPSA) is 38.3 Å². The summed E-state index contributed by atoms with van der Waals surface area (Å²) in [5, 5.41) is 3.46. The average Bonchev–Trinajstić information content (AvgIpc) is 3.01. The smallest absolute Gasteiger partial charge is 0.293 e. The largest absolute Gasteiger partial charge is 0.468 e. The fraction of sp³-hybridized carbons (Fsp3) is 0.909. The molecule has 1 N–H and O–H groups in total. The van der Waals surface area contributed by atoms with E-state index >= 15 is 0 Å². The molecule has 0 aromatic rings. The Balaban J connectivity index is 1.78. The normalized spacial score (nSPS) is 29.6. The zero-order chi connectivity index (χ0) is 9.86. The molecule has 14 heavy (non-hydrogen) atoms. The first kappa shape index (κ1) is 9.97. The molecule has 1 saturated carbocycles. The van der Waals surface area contributed by atoms with Gasteiger partial charge in [-0.2, -0.15) is 0 Å². The van der Waals surface area contributed by atoms with Crippen molar-refractivity contribution in [1.29, 1.82) is 0 Å². The Morgan fingerprint density at radius 3 is 2.93 bits per heavy atom. The highest BCUT2D eigenvalue weighted by molar-refractivity contribution is 5.36. The van der Waals surface area contributed by atoms with Gasteiger partial charge in [-0.25, -0.2) is 0 Å². The van der Waals surface area contributed by atoms with Crippen molar-refractivity contribution in [2.75, 3.05) is 19.7 Å². The van der Waals surface area contributed by atoms with Crippen molar-refractivity contribution in [1.82, 2.24) is 5.32 Å². The van der Waals surface area contributed by atoms with Crippen LogP contribution in [0.2, 0.25) is 0 Å². The van der Waals surface area contributed by atoms with Crippen molar-refractivity contribution in [3.8, 4) is 0 Å². The quantitative estimate of drug-likeness (QED) is 0.534. The van der Waals surface area contributed by atoms with E-state index in [1.54, 1.807) is 0 Å². The number of hydrogen-bond acceptors (Lipinski definition) is 3. The van der Waals surface area contributed by atoms with Gasteiger partial charge in [-0.1, -0.05) is 0 Å². The lowest BCUT2D eigenvalue weighted by Crippen LogP contribution is -2.35. The second-order valence-corrected chi connectivity index (χ2v) is 4.62. The lowest BCUT2D eigenvalue weighted by molar-refractivity contribution is -0.129. The highest BCUT2D eigenvalue weighted by Crippen LogP contribution is 2.56. The minimum Gasteiger partial charge on any atom is -0.468 e. The lowest BCUT2D eigenvalue weighted by atomic mass is 9.81. The molecule has 0 aromatic heterocycles. The van der Waals surface area contributed by atoms with E-state index in [9.17, 15) is 4.79 Å². The van der Waals surface area contributed by atoms with Crippen LogP contribution in [0.15, 0.2) is 0 Å². The molecule has 1 atom stereocenters. The zero-order valence-electron chi connectivity index (χ0n) is 8.63. The van der Waals surface area contributed by atoms with Crippen LogP contribution in [0, 0.1) is 11.3 Å². The molecule has 2 fully saturated rings. The summed E-state index contributed by atoms with van der Waals surface area (Å²) in [6.45, 7) is 3.52. The van der Waals surface area contributed by atoms with Crippen LogP contribution in [0.5, 0.6) is 0 Å². The third-order valence-electron chi connectivity index (χ3n) is 3.84. The number of ether oxygens (including phenoxy) is 1. The van der Waals surface area contributed by atoms with E-state index in [-0.39, 0.29) is 0 Å². The first-order valence-electron chi connectivity index (χ1n) is 5.63. The SMILES string of the molecule is O=COCCC1(C2CCCNC2)CC1. The molecule has 3 nitrogen and oxygen atoms in total. The predicted octanol–water partition coefficient (Wildman–Crippen LogP) is 1.33. The fourth-order valence-corrected chi connectivity index (χ4v) is 2.71. The maximum atomic E-state index is 10.1. The second kappa shape index (κ2) is 4.30. The Morgan fingerprint density at radius 1 is 1.50 bits per heavy atom. The maximum Gasteiger partial charge on any atom is 0.293 e. The molecule has 3 heteroatoms. The van der Waals surface area contributed by atoms with Gasteiger partial charge < -0.3 is 10.1 Å². The fourth-order valence-electron chi connectivity index (χ4n) is 2.71. The van der Waals surface area contributed by atoms with Gasteiger partial charge in [0.2, 0.25) is 0 Å². The van der Waals surface area contributed by atoms with E-state index in [1.807, 2.05) is 0 Å². The van der Waals surface area contributed by atoms with Crippen molar-refractivity contribution < 1.29 is 9.53 Å². The molecule has 1 heterocycles. The highest BCUT2D eigenvalue weighted by Gasteiger charge is 2.48. The maximum absolute atomic E-state index is 10.1. The summed E-state index contributed by atoms with van der Waals surface area (Å²) in [6.07, 6.45) is 6.40. The molecule has 2 aliphatic rings. The van der Waals surface area contributed by atoms with Gasteiger partial charge in [0.1, 0.15) is 0 Å². The Bertz CT molecular complexity index is 195. The summed E-state index contributed by atoms with van der Waals surface area (Å²) in [4.78, 5) is 10.1. The van der Waals surface area contributed by atoms with Gasteiger partial charge in [0.05, 0.1) is 6.61 Å². The molecule has 1 aliphatic carbocycles. The molecule has 80 valence electrons. The molecule has 0 radical (unpaired) electrons. The number of carbonyl (C=O) groups excluding carboxylic acids is 1. The standard InChI is InChI=1S/C11H19NO2/c13-9-14-7-5-11(3-4-11)10-2-1-6-12-8-10/h9-10,12H,1-8H2. The molecular weight excluding hydrogens is 178 g/mol. The number of carbonyl (C=O) groups is 1. The third-order valence-corrected chi connectivity index (χ3v) is 3.84. The molecule has 2 rings (SSSR count). The number of rotatable bonds is 5. The van der Waals surface area contributed by atoms with E-state index in [0.29, 0.717) is 18.5 Å². The van der Waals surface area contributed by atoms with E-state index in [1.165, 1.54) is 38.8 Å². The van der Waals surface area contributed by atoms with Crippen LogP contribution in [0.1, 0.15) is 32.1 Å². The van der Waals surface area contributed by atoms with Gasteiger partial charge in [-0.3, -0.25) is 4.79 Å². The van der Waals surface area contributed by atoms with Gasteiger partial charge in [-0.05, 0) is 56.5 Å². The van der Waals surface area contributed by atoms with Crippen molar-refractivity contribution in [3.05, 3.63) is 0 Å². The molecule has 0 aromatic carbocycles. The molecule has 1 unspecified atom stereocenters. The Kier molecular flexibility index (Phi) is 3.06. The minimum absolute atomic E-state index is 0.524. The van der Waals surface area contributed by atoms with Crippen molar-refractivity contribution in [2.24, 2.45) is 11.3 Å². The van der Waals surface area contributed by atoms with Crippen LogP contribution in [-0.2, 0) is 9.53 Å². The van der Waals surface area contributed by atoms with Gasteiger partial charge >= 0.3 is 0 Å². The van der Waals surface area contributed by atoms with Crippen LogP contribution >= 0.6 is 0 Å². The van der Waals surface area contributed by atoms with Crippen molar-refractivity contribution in [3.63, 3.8) is 0 Å². The summed E-state index contributed by atoms with van der Waals surface area (Å²) in [6, 6.07) is 0. The van der Waals surface area contributed by atoms with Crippen LogP contribution in [0.3, 0.4) is 0 Å². The Labute approximate surface area is 85.2 Å². The van der Waals surface area contributed by atoms with E-state index in [0.717, 1.165) is 12.3 Å². The van der Waals surface area contributed by atoms with Crippen LogP contribution < -0.4 is 5.32 Å². The summed E-state index contributed by atoms with van der Waals surface area (Å²) in [5.41, 5.74) is 0.524. The van der Waals surface area contributed by atoms with E-state index < -0.39 is 0 Å². The van der Waals surface area contributed by atoms with Crippen LogP contribution in [0.25, 0.3) is 0 Å². The zero-order valence-corrected chi connectivity index (χ0v) is 8.63. The summed E-state index contributed by atoms with van der Waals surface area (Å²) < 4.78 is 4.80. The van der Waals surface area contributed by atoms with E-state index in [4.69, 9.17) is 4.74 Å². The minimum atomic E-state index is 0.524. The number of nitrogens with one attached hydrogen (secondary N) is 1. The molecule has 0 amide bonds.